The van der Waals surface area contributed by atoms with Gasteiger partial charge in [-0.1, -0.05) is 25.4 Å². The van der Waals surface area contributed by atoms with Crippen LogP contribution in [-0.4, -0.2) is 6.04 Å². The molecule has 0 spiro atoms. The van der Waals surface area contributed by atoms with Crippen molar-refractivity contribution in [2.24, 2.45) is 0 Å². The Hall–Kier alpha value is -0.740. The summed E-state index contributed by atoms with van der Waals surface area (Å²) in [5, 5.41) is 3.38. The second-order valence-corrected chi connectivity index (χ2v) is 4.25. The fourth-order valence-electron chi connectivity index (χ4n) is 1.20. The minimum atomic E-state index is -4.32. The third kappa shape index (κ3) is 3.68. The number of rotatable bonds is 3. The molecule has 1 N–H and O–H groups in total. The predicted octanol–water partition coefficient (Wildman–Crippen LogP) is 3.86. The maximum Gasteiger partial charge on any atom is 0.416 e. The quantitative estimate of drug-likeness (QED) is 0.860. The minimum absolute atomic E-state index is 0.200. The number of halogens is 4. The molecule has 0 fully saturated rings. The van der Waals surface area contributed by atoms with Gasteiger partial charge in [0.05, 0.1) is 5.56 Å². The first-order chi connectivity index (χ1) is 7.30. The van der Waals surface area contributed by atoms with E-state index in [0.717, 1.165) is 12.1 Å². The van der Waals surface area contributed by atoms with E-state index in [1.807, 2.05) is 13.8 Å². The first kappa shape index (κ1) is 13.3. The van der Waals surface area contributed by atoms with Gasteiger partial charge in [0.2, 0.25) is 0 Å². The molecule has 0 amide bonds. The Morgan fingerprint density at radius 1 is 1.31 bits per heavy atom. The smallest absolute Gasteiger partial charge is 0.310 e. The normalized spacial score (nSPS) is 12.2. The van der Waals surface area contributed by atoms with Crippen LogP contribution in [0, 0.1) is 0 Å². The van der Waals surface area contributed by atoms with Crippen molar-refractivity contribution >= 4 is 11.6 Å². The van der Waals surface area contributed by atoms with Gasteiger partial charge in [-0.3, -0.25) is 0 Å². The fraction of sp³-hybridized carbons (Fsp3) is 0.455. The molecule has 5 heteroatoms. The summed E-state index contributed by atoms with van der Waals surface area (Å²) >= 11 is 5.82. The van der Waals surface area contributed by atoms with Gasteiger partial charge in [0.1, 0.15) is 0 Å². The topological polar surface area (TPSA) is 12.0 Å². The zero-order chi connectivity index (χ0) is 12.3. The Bertz CT molecular complexity index is 361. The van der Waals surface area contributed by atoms with Crippen molar-refractivity contribution in [1.29, 1.82) is 0 Å². The molecule has 0 aliphatic heterocycles. The highest BCUT2D eigenvalue weighted by molar-refractivity contribution is 6.31. The molecule has 90 valence electrons. The highest BCUT2D eigenvalue weighted by Crippen LogP contribution is 2.31. The van der Waals surface area contributed by atoms with Gasteiger partial charge in [0.15, 0.2) is 0 Å². The van der Waals surface area contributed by atoms with E-state index in [0.29, 0.717) is 17.1 Å². The lowest BCUT2D eigenvalue weighted by atomic mass is 10.1. The lowest BCUT2D eigenvalue weighted by molar-refractivity contribution is -0.137. The van der Waals surface area contributed by atoms with Gasteiger partial charge in [0, 0.05) is 17.6 Å². The van der Waals surface area contributed by atoms with Crippen LogP contribution in [0.2, 0.25) is 5.02 Å². The molecule has 0 heterocycles. The molecule has 1 nitrogen and oxygen atoms in total. The van der Waals surface area contributed by atoms with E-state index in [2.05, 4.69) is 5.32 Å². The molecular formula is C11H13ClF3N. The molecule has 1 aromatic carbocycles. The molecule has 0 atom stereocenters. The summed E-state index contributed by atoms with van der Waals surface area (Å²) in [6, 6.07) is 3.55. The van der Waals surface area contributed by atoms with Crippen molar-refractivity contribution in [1.82, 2.24) is 5.32 Å². The Labute approximate surface area is 97.6 Å². The van der Waals surface area contributed by atoms with Gasteiger partial charge < -0.3 is 5.32 Å². The zero-order valence-corrected chi connectivity index (χ0v) is 9.78. The largest absolute Gasteiger partial charge is 0.416 e. The van der Waals surface area contributed by atoms with Gasteiger partial charge in [0.25, 0.3) is 0 Å². The molecule has 1 rings (SSSR count). The molecule has 0 saturated carbocycles. The molecule has 1 aromatic rings. The standard InChI is InChI=1S/C11H13ClF3N/c1-7(2)16-6-8-5-9(11(13,14)15)3-4-10(8)12/h3-5,7,16H,6H2,1-2H3. The number of nitrogens with one attached hydrogen (secondary N) is 1. The van der Waals surface area contributed by atoms with Gasteiger partial charge in [-0.2, -0.15) is 13.2 Å². The Kier molecular flexibility index (Phi) is 4.21. The molecule has 0 aromatic heterocycles. The van der Waals surface area contributed by atoms with Crippen molar-refractivity contribution < 1.29 is 13.2 Å². The van der Waals surface area contributed by atoms with Gasteiger partial charge in [-0.05, 0) is 23.8 Å². The average molecular weight is 252 g/mol. The fourth-order valence-corrected chi connectivity index (χ4v) is 1.38. The summed E-state index contributed by atoms with van der Waals surface area (Å²) < 4.78 is 37.3. The molecule has 0 aliphatic rings. The zero-order valence-electron chi connectivity index (χ0n) is 9.03. The van der Waals surface area contributed by atoms with Gasteiger partial charge in [-0.15, -0.1) is 0 Å². The SMILES string of the molecule is CC(C)NCc1cc(C(F)(F)F)ccc1Cl. The summed E-state index contributed by atoms with van der Waals surface area (Å²) in [4.78, 5) is 0. The molecule has 0 aliphatic carbocycles. The number of hydrogen-bond acceptors (Lipinski definition) is 1. The van der Waals surface area contributed by atoms with Crippen LogP contribution >= 0.6 is 11.6 Å². The van der Waals surface area contributed by atoms with Crippen LogP contribution in [0.1, 0.15) is 25.0 Å². The van der Waals surface area contributed by atoms with Crippen LogP contribution in [0.5, 0.6) is 0 Å². The summed E-state index contributed by atoms with van der Waals surface area (Å²) in [7, 11) is 0. The molecule has 0 unspecified atom stereocenters. The molecule has 16 heavy (non-hydrogen) atoms. The summed E-state index contributed by atoms with van der Waals surface area (Å²) in [6.07, 6.45) is -4.32. The summed E-state index contributed by atoms with van der Waals surface area (Å²) in [5.74, 6) is 0. The van der Waals surface area contributed by atoms with E-state index in [1.54, 1.807) is 0 Å². The monoisotopic (exact) mass is 251 g/mol. The molecular weight excluding hydrogens is 239 g/mol. The molecule has 0 radical (unpaired) electrons. The second-order valence-electron chi connectivity index (χ2n) is 3.84. The third-order valence-corrected chi connectivity index (χ3v) is 2.44. The number of alkyl halides is 3. The third-order valence-electron chi connectivity index (χ3n) is 2.07. The highest BCUT2D eigenvalue weighted by atomic mass is 35.5. The van der Waals surface area contributed by atoms with E-state index in [1.165, 1.54) is 6.07 Å². The van der Waals surface area contributed by atoms with E-state index in [9.17, 15) is 13.2 Å². The molecule has 0 bridgehead atoms. The summed E-state index contributed by atoms with van der Waals surface area (Å²) in [6.45, 7) is 4.17. The van der Waals surface area contributed by atoms with Crippen LogP contribution in [0.25, 0.3) is 0 Å². The average Bonchev–Trinajstić information content (AvgIpc) is 2.14. The van der Waals surface area contributed by atoms with E-state index in [4.69, 9.17) is 11.6 Å². The van der Waals surface area contributed by atoms with Gasteiger partial charge in [-0.25, -0.2) is 0 Å². The Balaban J connectivity index is 2.91. The lowest BCUT2D eigenvalue weighted by Crippen LogP contribution is -2.22. The van der Waals surface area contributed by atoms with Crippen molar-refractivity contribution in [3.05, 3.63) is 34.3 Å². The van der Waals surface area contributed by atoms with Crippen molar-refractivity contribution in [3.63, 3.8) is 0 Å². The van der Waals surface area contributed by atoms with Crippen LogP contribution < -0.4 is 5.32 Å². The number of hydrogen-bond donors (Lipinski definition) is 1. The van der Waals surface area contributed by atoms with Gasteiger partial charge >= 0.3 is 6.18 Å². The first-order valence-electron chi connectivity index (χ1n) is 4.89. The molecule has 0 saturated heterocycles. The van der Waals surface area contributed by atoms with Crippen LogP contribution in [0.15, 0.2) is 18.2 Å². The maximum absolute atomic E-state index is 12.4. The van der Waals surface area contributed by atoms with E-state index in [-0.39, 0.29) is 6.04 Å². The Morgan fingerprint density at radius 2 is 1.94 bits per heavy atom. The predicted molar refractivity (Wildman–Crippen MR) is 58.4 cm³/mol. The minimum Gasteiger partial charge on any atom is -0.310 e. The summed E-state index contributed by atoms with van der Waals surface area (Å²) in [5.41, 5.74) is -0.206. The lowest BCUT2D eigenvalue weighted by Gasteiger charge is -2.12. The van der Waals surface area contributed by atoms with Crippen molar-refractivity contribution in [2.75, 3.05) is 0 Å². The maximum atomic E-state index is 12.4. The Morgan fingerprint density at radius 3 is 2.44 bits per heavy atom. The number of benzene rings is 1. The van der Waals surface area contributed by atoms with Crippen LogP contribution in [0.3, 0.4) is 0 Å². The van der Waals surface area contributed by atoms with Crippen molar-refractivity contribution in [3.8, 4) is 0 Å². The van der Waals surface area contributed by atoms with Crippen LogP contribution in [0.4, 0.5) is 13.2 Å². The van der Waals surface area contributed by atoms with E-state index < -0.39 is 11.7 Å². The van der Waals surface area contributed by atoms with Crippen molar-refractivity contribution in [2.45, 2.75) is 32.6 Å². The van der Waals surface area contributed by atoms with Crippen LogP contribution in [-0.2, 0) is 12.7 Å². The van der Waals surface area contributed by atoms with E-state index >= 15 is 0 Å². The highest BCUT2D eigenvalue weighted by Gasteiger charge is 2.30. The second kappa shape index (κ2) is 5.06. The first-order valence-corrected chi connectivity index (χ1v) is 5.27.